The van der Waals surface area contributed by atoms with Gasteiger partial charge in [0.1, 0.15) is 0 Å². The molecule has 1 rings (SSSR count). The van der Waals surface area contributed by atoms with Crippen molar-refractivity contribution in [3.63, 3.8) is 0 Å². The topological polar surface area (TPSA) is 38.5 Å². The highest BCUT2D eigenvalue weighted by molar-refractivity contribution is 4.81. The molecule has 0 heterocycles. The molecule has 0 aromatic rings. The van der Waals surface area contributed by atoms with Gasteiger partial charge in [0.05, 0.1) is 12.7 Å². The lowest BCUT2D eigenvalue weighted by atomic mass is 9.93. The van der Waals surface area contributed by atoms with Gasteiger partial charge in [-0.25, -0.2) is 0 Å². The third kappa shape index (κ3) is 8.80. The summed E-state index contributed by atoms with van der Waals surface area (Å²) in [5.74, 6) is 0. The quantitative estimate of drug-likeness (QED) is 0.835. The van der Waals surface area contributed by atoms with Crippen molar-refractivity contribution in [2.75, 3.05) is 20.2 Å². The van der Waals surface area contributed by atoms with Crippen LogP contribution in [0.15, 0.2) is 0 Å². The molecule has 0 aromatic heterocycles. The fourth-order valence-corrected chi connectivity index (χ4v) is 3.35. The smallest absolute Gasteiger partial charge is 0.0596 e. The lowest BCUT2D eigenvalue weighted by molar-refractivity contribution is 0.0510. The molecule has 3 heteroatoms. The third-order valence-electron chi connectivity index (χ3n) is 4.74. The van der Waals surface area contributed by atoms with Crippen LogP contribution in [0, 0.1) is 0 Å². The van der Waals surface area contributed by atoms with Gasteiger partial charge in [-0.1, -0.05) is 51.4 Å². The molecule has 126 valence electrons. The Morgan fingerprint density at radius 3 is 2.05 bits per heavy atom. The van der Waals surface area contributed by atoms with Crippen molar-refractivity contribution >= 4 is 0 Å². The molecule has 1 saturated carbocycles. The fourth-order valence-electron chi connectivity index (χ4n) is 3.35. The van der Waals surface area contributed by atoms with E-state index < -0.39 is 0 Å². The zero-order valence-corrected chi connectivity index (χ0v) is 14.7. The minimum Gasteiger partial charge on any atom is -0.377 e. The molecule has 0 bridgehead atoms. The van der Waals surface area contributed by atoms with E-state index in [0.29, 0.717) is 18.2 Å². The average Bonchev–Trinajstić information content (AvgIpc) is 2.42. The monoisotopic (exact) mass is 298 g/mol. The van der Waals surface area contributed by atoms with Gasteiger partial charge in [-0.15, -0.1) is 0 Å². The Kier molecular flexibility index (Phi) is 10.3. The molecule has 0 saturated heterocycles. The van der Waals surface area contributed by atoms with Crippen LogP contribution >= 0.6 is 0 Å². The van der Waals surface area contributed by atoms with Crippen LogP contribution in [0.25, 0.3) is 0 Å². The van der Waals surface area contributed by atoms with Crippen molar-refractivity contribution < 1.29 is 4.74 Å². The van der Waals surface area contributed by atoms with Crippen molar-refractivity contribution in [2.45, 2.75) is 96.2 Å². The van der Waals surface area contributed by atoms with E-state index in [9.17, 15) is 0 Å². The molecule has 0 radical (unpaired) electrons. The number of hydrogen-bond acceptors (Lipinski definition) is 3. The summed E-state index contributed by atoms with van der Waals surface area (Å²) in [7, 11) is 2.22. The van der Waals surface area contributed by atoms with Gasteiger partial charge in [0.25, 0.3) is 0 Å². The van der Waals surface area contributed by atoms with Gasteiger partial charge < -0.3 is 10.5 Å². The first-order chi connectivity index (χ1) is 10.1. The summed E-state index contributed by atoms with van der Waals surface area (Å²) in [5.41, 5.74) is 6.51. The van der Waals surface area contributed by atoms with Crippen LogP contribution in [-0.2, 0) is 4.74 Å². The van der Waals surface area contributed by atoms with E-state index >= 15 is 0 Å². The Labute approximate surface area is 132 Å². The predicted octanol–water partition coefficient (Wildman–Crippen LogP) is 3.95. The minimum atomic E-state index is 0.323. The van der Waals surface area contributed by atoms with E-state index in [-0.39, 0.29) is 0 Å². The SMILES string of the molecule is CC(C)OCCN(C)C1CCCCCCCCCCC1N. The summed E-state index contributed by atoms with van der Waals surface area (Å²) in [4.78, 5) is 2.44. The second-order valence-electron chi connectivity index (χ2n) is 7.04. The summed E-state index contributed by atoms with van der Waals surface area (Å²) in [5, 5.41) is 0. The number of ether oxygens (including phenoxy) is 1. The number of hydrogen-bond donors (Lipinski definition) is 1. The van der Waals surface area contributed by atoms with Crippen LogP contribution < -0.4 is 5.73 Å². The molecule has 2 atom stereocenters. The van der Waals surface area contributed by atoms with Crippen LogP contribution in [0.5, 0.6) is 0 Å². The first-order valence-corrected chi connectivity index (χ1v) is 9.18. The van der Waals surface area contributed by atoms with E-state index in [4.69, 9.17) is 10.5 Å². The Morgan fingerprint density at radius 1 is 0.952 bits per heavy atom. The van der Waals surface area contributed by atoms with E-state index in [0.717, 1.165) is 13.2 Å². The van der Waals surface area contributed by atoms with E-state index in [1.165, 1.54) is 64.2 Å². The maximum Gasteiger partial charge on any atom is 0.0596 e. The second-order valence-corrected chi connectivity index (χ2v) is 7.04. The predicted molar refractivity (Wildman–Crippen MR) is 91.7 cm³/mol. The van der Waals surface area contributed by atoms with E-state index in [2.05, 4.69) is 25.8 Å². The van der Waals surface area contributed by atoms with Gasteiger partial charge in [0.15, 0.2) is 0 Å². The molecule has 1 aliphatic carbocycles. The summed E-state index contributed by atoms with van der Waals surface area (Å²) in [6, 6.07) is 0.855. The summed E-state index contributed by atoms with van der Waals surface area (Å²) < 4.78 is 5.69. The number of nitrogens with zero attached hydrogens (tertiary/aromatic N) is 1. The van der Waals surface area contributed by atoms with Crippen molar-refractivity contribution in [2.24, 2.45) is 5.73 Å². The summed E-state index contributed by atoms with van der Waals surface area (Å²) >= 11 is 0. The second kappa shape index (κ2) is 11.4. The van der Waals surface area contributed by atoms with Gasteiger partial charge in [-0.3, -0.25) is 4.90 Å². The highest BCUT2D eigenvalue weighted by Crippen LogP contribution is 2.19. The first-order valence-electron chi connectivity index (χ1n) is 9.18. The Hall–Kier alpha value is -0.120. The van der Waals surface area contributed by atoms with Crippen molar-refractivity contribution in [3.05, 3.63) is 0 Å². The molecule has 0 amide bonds. The van der Waals surface area contributed by atoms with Crippen molar-refractivity contribution in [3.8, 4) is 0 Å². The fraction of sp³-hybridized carbons (Fsp3) is 1.00. The van der Waals surface area contributed by atoms with Gasteiger partial charge in [-0.2, -0.15) is 0 Å². The van der Waals surface area contributed by atoms with Gasteiger partial charge in [0.2, 0.25) is 0 Å². The normalized spacial score (nSPS) is 26.6. The molecule has 2 N–H and O–H groups in total. The molecule has 0 spiro atoms. The number of rotatable bonds is 5. The lowest BCUT2D eigenvalue weighted by Crippen LogP contribution is -2.47. The third-order valence-corrected chi connectivity index (χ3v) is 4.74. The van der Waals surface area contributed by atoms with Gasteiger partial charge in [0, 0.05) is 18.6 Å². The highest BCUT2D eigenvalue weighted by atomic mass is 16.5. The molecule has 2 unspecified atom stereocenters. The van der Waals surface area contributed by atoms with Crippen LogP contribution in [0.2, 0.25) is 0 Å². The van der Waals surface area contributed by atoms with Gasteiger partial charge in [-0.05, 0) is 33.7 Å². The molecular weight excluding hydrogens is 260 g/mol. The molecule has 0 aliphatic heterocycles. The van der Waals surface area contributed by atoms with Crippen LogP contribution in [0.4, 0.5) is 0 Å². The highest BCUT2D eigenvalue weighted by Gasteiger charge is 2.21. The lowest BCUT2D eigenvalue weighted by Gasteiger charge is -2.33. The van der Waals surface area contributed by atoms with Gasteiger partial charge >= 0.3 is 0 Å². The maximum atomic E-state index is 6.51. The van der Waals surface area contributed by atoms with Crippen LogP contribution in [0.1, 0.15) is 78.1 Å². The molecular formula is C18H38N2O. The minimum absolute atomic E-state index is 0.323. The summed E-state index contributed by atoms with van der Waals surface area (Å²) in [6.45, 7) is 6.01. The largest absolute Gasteiger partial charge is 0.377 e. The standard InChI is InChI=1S/C18H38N2O/c1-16(2)21-15-14-20(3)18-13-11-9-7-5-4-6-8-10-12-17(18)19/h16-18H,4-15,19H2,1-3H3. The summed E-state index contributed by atoms with van der Waals surface area (Å²) in [6.07, 6.45) is 13.8. The Morgan fingerprint density at radius 2 is 1.48 bits per heavy atom. The number of likely N-dealkylation sites (N-methyl/N-ethyl adjacent to an activating group) is 1. The molecule has 0 aromatic carbocycles. The first kappa shape index (κ1) is 18.9. The van der Waals surface area contributed by atoms with Crippen LogP contribution in [-0.4, -0.2) is 43.3 Å². The average molecular weight is 299 g/mol. The molecule has 21 heavy (non-hydrogen) atoms. The Balaban J connectivity index is 2.42. The Bertz CT molecular complexity index is 245. The zero-order valence-electron chi connectivity index (χ0n) is 14.7. The van der Waals surface area contributed by atoms with E-state index in [1.807, 2.05) is 0 Å². The van der Waals surface area contributed by atoms with Crippen LogP contribution in [0.3, 0.4) is 0 Å². The van der Waals surface area contributed by atoms with E-state index in [1.54, 1.807) is 0 Å². The molecule has 3 nitrogen and oxygen atoms in total. The number of nitrogens with two attached hydrogens (primary N) is 1. The molecule has 1 fully saturated rings. The zero-order chi connectivity index (χ0) is 15.5. The van der Waals surface area contributed by atoms with Crippen molar-refractivity contribution in [1.82, 2.24) is 4.90 Å². The molecule has 1 aliphatic rings. The van der Waals surface area contributed by atoms with Crippen molar-refractivity contribution in [1.29, 1.82) is 0 Å². The maximum absolute atomic E-state index is 6.51.